The number of esters is 2. The fourth-order valence-electron chi connectivity index (χ4n) is 27.1. The van der Waals surface area contributed by atoms with Crippen LogP contribution < -0.4 is 5.73 Å². The first kappa shape index (κ1) is 44.9. The standard InChI is InChI=1S/C78H33NO8.C2HF3O2/c1-82-8-9-83-10-11-84-12-13-85-14-15-87-75(81)78(74(80)86-7-5-3-2-4-6-79)76-70-62-54-44-34-26-18-16-17-20-24-22(18)30-38-32(24)42-36-28(20)29-21(17)25-23-19(16)27(26)35-41-31(23)39-33(25)43-37(29)47-46(36)56-50(42)60-52(38)58(48(54)40(30)34)66(70)68(60)72-64(56)65-57(47)51(43)61-53(39)59-49(41)55(45(35)44)63(62)71(76)67(59)69(61)73(65)77(72,76)78;3-2(4,5)1(6)7/h2-15,79H2,1H3;(H,6,7). The maximum Gasteiger partial charge on any atom is 0.490 e. The molecule has 1 saturated carbocycles. The predicted octanol–water partition coefficient (Wildman–Crippen LogP) is 17.2. The molecular weight excluding hydrogens is 1190 g/mol. The summed E-state index contributed by atoms with van der Waals surface area (Å²) < 4.78 is 68.7. The molecule has 0 saturated heterocycles. The molecule has 3 N–H and O–H groups in total. The summed E-state index contributed by atoms with van der Waals surface area (Å²) in [4.78, 5) is 43.8. The lowest BCUT2D eigenvalue weighted by molar-refractivity contribution is -0.192. The van der Waals surface area contributed by atoms with Crippen molar-refractivity contribution >= 4 is 309 Å². The number of carboxylic acids is 1. The summed E-state index contributed by atoms with van der Waals surface area (Å²) in [5, 5.41) is 86.0. The quantitative estimate of drug-likeness (QED) is 0.0324. The molecule has 33 rings (SSSR count). The molecular formula is C80H34F3NO10. The Morgan fingerprint density at radius 3 is 0.713 bits per heavy atom. The number of unbranched alkanes of at least 4 members (excludes halogenated alkanes) is 3. The number of benzene rings is 18. The van der Waals surface area contributed by atoms with E-state index in [4.69, 9.17) is 44.1 Å². The molecule has 5 aliphatic rings. The molecule has 11 nitrogen and oxygen atoms in total. The van der Waals surface area contributed by atoms with Gasteiger partial charge in [-0.2, -0.15) is 13.2 Å². The van der Waals surface area contributed by atoms with Gasteiger partial charge in [0.05, 0.1) is 63.7 Å². The van der Waals surface area contributed by atoms with Crippen LogP contribution in [0.15, 0.2) is 0 Å². The average Bonchev–Trinajstić information content (AvgIpc) is 1.36. The fourth-order valence-corrected chi connectivity index (χ4v) is 27.1. The molecule has 0 radical (unpaired) electrons. The van der Waals surface area contributed by atoms with Gasteiger partial charge in [0, 0.05) is 7.11 Å². The van der Waals surface area contributed by atoms with Crippen molar-refractivity contribution in [3.8, 4) is 0 Å². The number of carbonyl (C=O) groups excluding carboxylic acids is 2. The minimum Gasteiger partial charge on any atom is -0.475 e. The minimum absolute atomic E-state index is 0.00181. The van der Waals surface area contributed by atoms with Crippen LogP contribution in [0.3, 0.4) is 0 Å². The van der Waals surface area contributed by atoms with Gasteiger partial charge in [0.2, 0.25) is 0 Å². The number of hydrogen-bond acceptors (Lipinski definition) is 10. The minimum atomic E-state index is -5.08. The molecule has 2 spiro atoms. The molecule has 14 heteroatoms. The molecule has 1 fully saturated rings. The average molecular weight is 1230 g/mol. The van der Waals surface area contributed by atoms with Gasteiger partial charge in [0.25, 0.3) is 0 Å². The Morgan fingerprint density at radius 1 is 0.309 bits per heavy atom. The van der Waals surface area contributed by atoms with E-state index in [9.17, 15) is 13.2 Å². The fraction of sp³-hybridized carbons (Fsp3) is 0.237. The van der Waals surface area contributed by atoms with Gasteiger partial charge in [-0.05, 0) is 332 Å². The third-order valence-corrected chi connectivity index (χ3v) is 28.2. The maximum atomic E-state index is 17.5. The largest absolute Gasteiger partial charge is 0.490 e. The zero-order valence-corrected chi connectivity index (χ0v) is 49.2. The van der Waals surface area contributed by atoms with Crippen molar-refractivity contribution in [3.63, 3.8) is 0 Å². The molecule has 0 aromatic heterocycles. The summed E-state index contributed by atoms with van der Waals surface area (Å²) in [7, 11) is 1.67. The van der Waals surface area contributed by atoms with Gasteiger partial charge in [-0.1, -0.05) is 12.8 Å². The molecule has 0 atom stereocenters. The van der Waals surface area contributed by atoms with E-state index in [0.29, 0.717) is 52.6 Å². The first-order valence-electron chi connectivity index (χ1n) is 33.5. The Labute approximate surface area is 516 Å². The molecule has 28 aromatic rings. The third kappa shape index (κ3) is 3.11. The second kappa shape index (κ2) is 12.0. The number of halogens is 3. The highest BCUT2D eigenvalue weighted by atomic mass is 19.4. The van der Waals surface area contributed by atoms with Gasteiger partial charge in [0.1, 0.15) is 6.61 Å². The Balaban J connectivity index is 0.000000656. The Morgan fingerprint density at radius 2 is 0.500 bits per heavy atom. The normalized spacial score (nSPS) is 21.0. The lowest BCUT2D eigenvalue weighted by atomic mass is 9.68. The van der Waals surface area contributed by atoms with Crippen molar-refractivity contribution < 1.29 is 61.1 Å². The molecule has 0 amide bonds. The van der Waals surface area contributed by atoms with Crippen molar-refractivity contribution in [2.45, 2.75) is 42.7 Å². The monoisotopic (exact) mass is 1230 g/mol. The zero-order valence-electron chi connectivity index (χ0n) is 49.2. The first-order valence-corrected chi connectivity index (χ1v) is 33.5. The van der Waals surface area contributed by atoms with E-state index in [1.807, 2.05) is 0 Å². The van der Waals surface area contributed by atoms with E-state index >= 15 is 9.59 Å². The summed E-state index contributed by atoms with van der Waals surface area (Å²) in [6.45, 7) is 3.72. The number of hydrogen-bond donors (Lipinski definition) is 2. The van der Waals surface area contributed by atoms with E-state index in [1.54, 1.807) is 61.0 Å². The van der Waals surface area contributed by atoms with Crippen LogP contribution in [0.2, 0.25) is 0 Å². The van der Waals surface area contributed by atoms with Crippen LogP contribution in [-0.4, -0.2) is 102 Å². The van der Waals surface area contributed by atoms with Crippen molar-refractivity contribution in [2.75, 3.05) is 73.1 Å². The predicted molar refractivity (Wildman–Crippen MR) is 364 cm³/mol. The van der Waals surface area contributed by atoms with Crippen LogP contribution in [0.4, 0.5) is 13.2 Å². The van der Waals surface area contributed by atoms with Crippen LogP contribution >= 0.6 is 0 Å². The number of alkyl halides is 3. The summed E-state index contributed by atoms with van der Waals surface area (Å²) in [6.07, 6.45) is -1.61. The lowest BCUT2D eigenvalue weighted by Gasteiger charge is -2.32. The summed E-state index contributed by atoms with van der Waals surface area (Å²) in [5.74, 6) is -3.63. The molecule has 440 valence electrons. The van der Waals surface area contributed by atoms with Crippen LogP contribution in [-0.2, 0) is 53.6 Å². The Kier molecular flexibility index (Phi) is 5.73. The molecule has 28 aromatic carbocycles. The number of carboxylic acid groups (broad SMARTS) is 1. The third-order valence-electron chi connectivity index (χ3n) is 28.2. The number of carbonyl (C=O) groups is 3. The number of methoxy groups -OCH3 is 1. The van der Waals surface area contributed by atoms with Crippen molar-refractivity contribution in [1.82, 2.24) is 0 Å². The van der Waals surface area contributed by atoms with E-state index in [2.05, 4.69) is 0 Å². The molecule has 0 aliphatic heterocycles. The van der Waals surface area contributed by atoms with Crippen LogP contribution in [0.1, 0.15) is 47.9 Å². The first-order chi connectivity index (χ1) is 46.1. The summed E-state index contributed by atoms with van der Waals surface area (Å²) >= 11 is 0. The Bertz CT molecular complexity index is 7350. The highest BCUT2D eigenvalue weighted by Crippen LogP contribution is 2.96. The summed E-state index contributed by atoms with van der Waals surface area (Å²) in [6, 6.07) is 0. The Hall–Kier alpha value is -9.54. The van der Waals surface area contributed by atoms with Crippen LogP contribution in [0, 0.1) is 5.41 Å². The molecule has 0 unspecified atom stereocenters. The van der Waals surface area contributed by atoms with Gasteiger partial charge in [-0.15, -0.1) is 0 Å². The smallest absolute Gasteiger partial charge is 0.475 e. The van der Waals surface area contributed by atoms with Gasteiger partial charge in [0.15, 0.2) is 5.41 Å². The van der Waals surface area contributed by atoms with E-state index in [1.165, 1.54) is 259 Å². The van der Waals surface area contributed by atoms with Gasteiger partial charge in [-0.25, -0.2) is 4.79 Å². The van der Waals surface area contributed by atoms with Crippen molar-refractivity contribution in [1.29, 1.82) is 0 Å². The highest BCUT2D eigenvalue weighted by Gasteiger charge is 3.01. The SMILES string of the molecule is COCCOCCOCCOCCOC(=O)C1(C(=O)OCCCCCCN)C23c4c5c6c7c8c9c(c%10c%11c2c2c4c4c%12c5c5c6c6c8c8c%13c9c9c%10c%10c%11c%11c2c2c4c4c%12c%12c5c5c6c8c6c8c%13c9c9c%10c%10c%11c2c2c4c4c%12c5c6c5c8c9c%10c2c45)C713.O=C(O)C(F)(F)F. The zero-order chi connectivity index (χ0) is 60.4. The molecule has 5 aliphatic carbocycles. The van der Waals surface area contributed by atoms with Gasteiger partial charge >= 0.3 is 24.1 Å². The van der Waals surface area contributed by atoms with Crippen LogP contribution in [0.5, 0.6) is 0 Å². The topological polar surface area (TPSA) is 153 Å². The second-order valence-corrected chi connectivity index (χ2v) is 30.1. The second-order valence-electron chi connectivity index (χ2n) is 30.1. The number of rotatable bonds is 20. The number of aliphatic carboxylic acids is 1. The van der Waals surface area contributed by atoms with Crippen molar-refractivity contribution in [3.05, 3.63) is 22.3 Å². The maximum absolute atomic E-state index is 17.5. The highest BCUT2D eigenvalue weighted by molar-refractivity contribution is 6.82. The van der Waals surface area contributed by atoms with Gasteiger partial charge in [-0.3, -0.25) is 9.59 Å². The van der Waals surface area contributed by atoms with E-state index in [-0.39, 0.29) is 19.8 Å². The van der Waals surface area contributed by atoms with Crippen molar-refractivity contribution in [2.24, 2.45) is 11.1 Å². The number of nitrogens with two attached hydrogens (primary N) is 1. The summed E-state index contributed by atoms with van der Waals surface area (Å²) in [5.41, 5.74) is 6.91. The molecule has 94 heavy (non-hydrogen) atoms. The van der Waals surface area contributed by atoms with E-state index < -0.39 is 40.3 Å². The lowest BCUT2D eigenvalue weighted by Crippen LogP contribution is -2.39. The molecule has 0 bridgehead atoms. The van der Waals surface area contributed by atoms with Gasteiger partial charge < -0.3 is 39.3 Å². The van der Waals surface area contributed by atoms with Crippen LogP contribution in [0.25, 0.3) is 291 Å². The number of ether oxygens (including phenoxy) is 6. The van der Waals surface area contributed by atoms with E-state index in [0.717, 1.165) is 19.3 Å². The molecule has 0 heterocycles.